The number of rotatable bonds is 5. The molecule has 0 aliphatic heterocycles. The second kappa shape index (κ2) is 6.60. The molecule has 1 aromatic carbocycles. The summed E-state index contributed by atoms with van der Waals surface area (Å²) in [6, 6.07) is 3.07. The van der Waals surface area contributed by atoms with Crippen LogP contribution in [-0.2, 0) is 10.9 Å². The van der Waals surface area contributed by atoms with E-state index in [1.165, 1.54) is 6.07 Å². The van der Waals surface area contributed by atoms with E-state index < -0.39 is 23.3 Å². The molecule has 7 heteroatoms. The van der Waals surface area contributed by atoms with Gasteiger partial charge in [0.25, 0.3) is 5.91 Å². The van der Waals surface area contributed by atoms with E-state index in [1.807, 2.05) is 6.92 Å². The van der Waals surface area contributed by atoms with E-state index in [2.05, 4.69) is 5.32 Å². The van der Waals surface area contributed by atoms with Crippen molar-refractivity contribution in [2.75, 3.05) is 18.9 Å². The number of amides is 1. The summed E-state index contributed by atoms with van der Waals surface area (Å²) >= 11 is 0. The van der Waals surface area contributed by atoms with Gasteiger partial charge in [-0.05, 0) is 32.0 Å². The summed E-state index contributed by atoms with van der Waals surface area (Å²) in [6.07, 6.45) is -4.79. The first-order chi connectivity index (χ1) is 9.25. The van der Waals surface area contributed by atoms with Crippen molar-refractivity contribution in [3.05, 3.63) is 29.3 Å². The van der Waals surface area contributed by atoms with Gasteiger partial charge in [0.2, 0.25) is 0 Å². The first kappa shape index (κ1) is 16.3. The van der Waals surface area contributed by atoms with Crippen LogP contribution < -0.4 is 11.1 Å². The molecule has 1 amide bonds. The molecule has 112 valence electrons. The van der Waals surface area contributed by atoms with E-state index in [1.54, 1.807) is 6.92 Å². The standard InChI is InChI=1S/C13H17F3N2O2/c1-3-20-8(2)7-18-12(19)9-4-5-11(17)10(6-9)13(14,15)16/h4-6,8H,3,7,17H2,1-2H3,(H,18,19). The smallest absolute Gasteiger partial charge is 0.398 e. The van der Waals surface area contributed by atoms with E-state index in [0.29, 0.717) is 6.61 Å². The lowest BCUT2D eigenvalue weighted by Crippen LogP contribution is -2.32. The van der Waals surface area contributed by atoms with E-state index >= 15 is 0 Å². The molecule has 0 saturated heterocycles. The molecule has 1 aromatic rings. The molecule has 0 radical (unpaired) electrons. The molecular formula is C13H17F3N2O2. The highest BCUT2D eigenvalue weighted by Gasteiger charge is 2.33. The van der Waals surface area contributed by atoms with E-state index in [0.717, 1.165) is 12.1 Å². The van der Waals surface area contributed by atoms with Crippen molar-refractivity contribution in [1.29, 1.82) is 0 Å². The average Bonchev–Trinajstić information content (AvgIpc) is 2.35. The van der Waals surface area contributed by atoms with Crippen LogP contribution in [0.3, 0.4) is 0 Å². The molecule has 0 fully saturated rings. The summed E-state index contributed by atoms with van der Waals surface area (Å²) in [5.74, 6) is -0.595. The van der Waals surface area contributed by atoms with Crippen molar-refractivity contribution in [3.63, 3.8) is 0 Å². The number of ether oxygens (including phenoxy) is 1. The number of carbonyl (C=O) groups excluding carboxylic acids is 1. The predicted molar refractivity (Wildman–Crippen MR) is 69.3 cm³/mol. The Morgan fingerprint density at radius 2 is 2.10 bits per heavy atom. The van der Waals surface area contributed by atoms with Gasteiger partial charge in [-0.1, -0.05) is 0 Å². The molecule has 1 atom stereocenters. The lowest BCUT2D eigenvalue weighted by molar-refractivity contribution is -0.136. The number of halogens is 3. The molecular weight excluding hydrogens is 273 g/mol. The number of hydrogen-bond acceptors (Lipinski definition) is 3. The predicted octanol–water partition coefficient (Wildman–Crippen LogP) is 2.44. The average molecular weight is 290 g/mol. The molecule has 4 nitrogen and oxygen atoms in total. The van der Waals surface area contributed by atoms with Crippen molar-refractivity contribution in [2.24, 2.45) is 0 Å². The summed E-state index contributed by atoms with van der Waals surface area (Å²) in [4.78, 5) is 11.8. The number of nitrogens with two attached hydrogens (primary N) is 1. The summed E-state index contributed by atoms with van der Waals surface area (Å²) in [6.45, 7) is 4.29. The quantitative estimate of drug-likeness (QED) is 0.819. The summed E-state index contributed by atoms with van der Waals surface area (Å²) in [5, 5.41) is 2.51. The number of alkyl halides is 3. The molecule has 3 N–H and O–H groups in total. The van der Waals surface area contributed by atoms with Crippen LogP contribution in [0.4, 0.5) is 18.9 Å². The third-order valence-electron chi connectivity index (χ3n) is 2.62. The summed E-state index contributed by atoms with van der Waals surface area (Å²) < 4.78 is 43.2. The molecule has 0 bridgehead atoms. The molecule has 0 saturated carbocycles. The number of hydrogen-bond donors (Lipinski definition) is 2. The number of benzene rings is 1. The molecule has 0 aliphatic carbocycles. The second-order valence-corrected chi connectivity index (χ2v) is 4.28. The maximum absolute atomic E-state index is 12.7. The molecule has 1 unspecified atom stereocenters. The zero-order valence-corrected chi connectivity index (χ0v) is 11.3. The molecule has 0 spiro atoms. The highest BCUT2D eigenvalue weighted by atomic mass is 19.4. The Kier molecular flexibility index (Phi) is 5.38. The molecule has 0 aliphatic rings. The Labute approximate surface area is 115 Å². The fourth-order valence-electron chi connectivity index (χ4n) is 1.62. The molecule has 20 heavy (non-hydrogen) atoms. The Hall–Kier alpha value is -1.76. The van der Waals surface area contributed by atoms with Crippen LogP contribution in [0.5, 0.6) is 0 Å². The largest absolute Gasteiger partial charge is 0.418 e. The van der Waals surface area contributed by atoms with Crippen LogP contribution in [0, 0.1) is 0 Å². The maximum Gasteiger partial charge on any atom is 0.418 e. The number of nitrogens with one attached hydrogen (secondary N) is 1. The van der Waals surface area contributed by atoms with E-state index in [9.17, 15) is 18.0 Å². The van der Waals surface area contributed by atoms with Crippen LogP contribution in [0.2, 0.25) is 0 Å². The SMILES string of the molecule is CCOC(C)CNC(=O)c1ccc(N)c(C(F)(F)F)c1. The zero-order valence-electron chi connectivity index (χ0n) is 11.3. The lowest BCUT2D eigenvalue weighted by atomic mass is 10.1. The van der Waals surface area contributed by atoms with Crippen LogP contribution in [-0.4, -0.2) is 25.2 Å². The fraction of sp³-hybridized carbons (Fsp3) is 0.462. The Bertz CT molecular complexity index is 475. The number of anilines is 1. The Morgan fingerprint density at radius 3 is 2.65 bits per heavy atom. The second-order valence-electron chi connectivity index (χ2n) is 4.28. The molecule has 1 rings (SSSR count). The Balaban J connectivity index is 2.79. The van der Waals surface area contributed by atoms with E-state index in [-0.39, 0.29) is 18.2 Å². The van der Waals surface area contributed by atoms with Gasteiger partial charge in [0.1, 0.15) is 0 Å². The maximum atomic E-state index is 12.7. The van der Waals surface area contributed by atoms with Gasteiger partial charge in [0.05, 0.1) is 11.7 Å². The third-order valence-corrected chi connectivity index (χ3v) is 2.62. The minimum Gasteiger partial charge on any atom is -0.398 e. The monoisotopic (exact) mass is 290 g/mol. The van der Waals surface area contributed by atoms with Crippen molar-refractivity contribution >= 4 is 11.6 Å². The van der Waals surface area contributed by atoms with Gasteiger partial charge in [0, 0.05) is 24.4 Å². The fourth-order valence-corrected chi connectivity index (χ4v) is 1.62. The van der Waals surface area contributed by atoms with Gasteiger partial charge in [-0.2, -0.15) is 13.2 Å². The van der Waals surface area contributed by atoms with Gasteiger partial charge >= 0.3 is 6.18 Å². The first-order valence-electron chi connectivity index (χ1n) is 6.12. The summed E-state index contributed by atoms with van der Waals surface area (Å²) in [7, 11) is 0. The van der Waals surface area contributed by atoms with Gasteiger partial charge in [-0.15, -0.1) is 0 Å². The van der Waals surface area contributed by atoms with Crippen molar-refractivity contribution < 1.29 is 22.7 Å². The van der Waals surface area contributed by atoms with Gasteiger partial charge in [0.15, 0.2) is 0 Å². The van der Waals surface area contributed by atoms with Crippen LogP contribution >= 0.6 is 0 Å². The number of carbonyl (C=O) groups is 1. The van der Waals surface area contributed by atoms with Crippen molar-refractivity contribution in [1.82, 2.24) is 5.32 Å². The molecule has 0 aromatic heterocycles. The zero-order chi connectivity index (χ0) is 15.3. The first-order valence-corrected chi connectivity index (χ1v) is 6.12. The van der Waals surface area contributed by atoms with Gasteiger partial charge < -0.3 is 15.8 Å². The topological polar surface area (TPSA) is 64.3 Å². The van der Waals surface area contributed by atoms with Crippen LogP contribution in [0.25, 0.3) is 0 Å². The minimum absolute atomic E-state index is 0.0878. The molecule has 0 heterocycles. The van der Waals surface area contributed by atoms with Crippen molar-refractivity contribution in [2.45, 2.75) is 26.1 Å². The van der Waals surface area contributed by atoms with Crippen molar-refractivity contribution in [3.8, 4) is 0 Å². The van der Waals surface area contributed by atoms with E-state index in [4.69, 9.17) is 10.5 Å². The van der Waals surface area contributed by atoms with Gasteiger partial charge in [-0.25, -0.2) is 0 Å². The third kappa shape index (κ3) is 4.41. The number of nitrogen functional groups attached to an aromatic ring is 1. The normalized spacial score (nSPS) is 13.1. The van der Waals surface area contributed by atoms with Crippen LogP contribution in [0.1, 0.15) is 29.8 Å². The Morgan fingerprint density at radius 1 is 1.45 bits per heavy atom. The lowest BCUT2D eigenvalue weighted by Gasteiger charge is -2.14. The highest BCUT2D eigenvalue weighted by molar-refractivity contribution is 5.94. The minimum atomic E-state index is -4.58. The van der Waals surface area contributed by atoms with Gasteiger partial charge in [-0.3, -0.25) is 4.79 Å². The van der Waals surface area contributed by atoms with Crippen LogP contribution in [0.15, 0.2) is 18.2 Å². The summed E-state index contributed by atoms with van der Waals surface area (Å²) in [5.41, 5.74) is 3.76. The highest BCUT2D eigenvalue weighted by Crippen LogP contribution is 2.33.